The molecule has 0 saturated carbocycles. The minimum absolute atomic E-state index is 0.524. The van der Waals surface area contributed by atoms with Crippen LogP contribution in [0.25, 0.3) is 11.3 Å². The molecule has 4 heteroatoms. The number of aromatic amines is 1. The van der Waals surface area contributed by atoms with Crippen LogP contribution in [0.4, 0.5) is 0 Å². The van der Waals surface area contributed by atoms with E-state index in [0.29, 0.717) is 19.1 Å². The van der Waals surface area contributed by atoms with Crippen molar-refractivity contribution in [2.75, 3.05) is 6.61 Å². The molecule has 18 heavy (non-hydrogen) atoms. The second-order valence-corrected chi connectivity index (χ2v) is 4.66. The fourth-order valence-electron chi connectivity index (χ4n) is 1.65. The van der Waals surface area contributed by atoms with E-state index in [9.17, 15) is 0 Å². The average Bonchev–Trinajstić information content (AvgIpc) is 2.84. The first-order valence-corrected chi connectivity index (χ1v) is 6.19. The number of hydroxylamine groups is 1. The number of nitrogens with zero attached hydrogens (tertiary/aromatic N) is 1. The Bertz CT molecular complexity index is 465. The van der Waals surface area contributed by atoms with Crippen molar-refractivity contribution in [1.82, 2.24) is 15.7 Å². The molecule has 0 aliphatic heterocycles. The summed E-state index contributed by atoms with van der Waals surface area (Å²) in [4.78, 5) is 5.37. The number of aromatic nitrogens is 2. The Kier molecular flexibility index (Phi) is 4.50. The third-order valence-electron chi connectivity index (χ3n) is 2.56. The van der Waals surface area contributed by atoms with Gasteiger partial charge in [0.15, 0.2) is 0 Å². The van der Waals surface area contributed by atoms with Crippen molar-refractivity contribution < 1.29 is 4.84 Å². The highest BCUT2D eigenvalue weighted by molar-refractivity contribution is 5.62. The van der Waals surface area contributed by atoms with Crippen molar-refractivity contribution in [2.24, 2.45) is 5.92 Å². The van der Waals surface area contributed by atoms with Gasteiger partial charge in [0.05, 0.1) is 18.5 Å². The molecule has 4 nitrogen and oxygen atoms in total. The maximum absolute atomic E-state index is 5.37. The third-order valence-corrected chi connectivity index (χ3v) is 2.56. The van der Waals surface area contributed by atoms with E-state index in [2.05, 4.69) is 41.7 Å². The van der Waals surface area contributed by atoms with Crippen LogP contribution in [0.2, 0.25) is 0 Å². The van der Waals surface area contributed by atoms with Crippen molar-refractivity contribution in [3.05, 3.63) is 42.1 Å². The van der Waals surface area contributed by atoms with Gasteiger partial charge in [-0.2, -0.15) is 10.6 Å². The van der Waals surface area contributed by atoms with E-state index in [-0.39, 0.29) is 0 Å². The zero-order valence-corrected chi connectivity index (χ0v) is 10.8. The van der Waals surface area contributed by atoms with Crippen LogP contribution in [0.1, 0.15) is 19.4 Å². The van der Waals surface area contributed by atoms with Gasteiger partial charge in [-0.15, -0.1) is 0 Å². The summed E-state index contributed by atoms with van der Waals surface area (Å²) in [5.74, 6) is 0.524. The molecule has 0 saturated heterocycles. The van der Waals surface area contributed by atoms with Gasteiger partial charge in [0, 0.05) is 12.1 Å². The lowest BCUT2D eigenvalue weighted by Gasteiger charge is -2.08. The molecule has 0 radical (unpaired) electrons. The summed E-state index contributed by atoms with van der Waals surface area (Å²) in [6, 6.07) is 10.2. The highest BCUT2D eigenvalue weighted by Crippen LogP contribution is 2.20. The van der Waals surface area contributed by atoms with Crippen LogP contribution in [-0.4, -0.2) is 16.8 Å². The molecule has 2 N–H and O–H groups in total. The molecule has 0 aliphatic rings. The van der Waals surface area contributed by atoms with Crippen LogP contribution in [0, 0.1) is 5.92 Å². The van der Waals surface area contributed by atoms with Crippen molar-refractivity contribution in [3.8, 4) is 11.3 Å². The van der Waals surface area contributed by atoms with Crippen molar-refractivity contribution >= 4 is 0 Å². The Hall–Kier alpha value is -1.65. The second kappa shape index (κ2) is 6.33. The topological polar surface area (TPSA) is 49.9 Å². The Balaban J connectivity index is 1.96. The number of hydrogen-bond acceptors (Lipinski definition) is 3. The fourth-order valence-corrected chi connectivity index (χ4v) is 1.65. The SMILES string of the molecule is CC(C)CONCc1cn[nH]c1-c1ccccc1. The predicted octanol–water partition coefficient (Wildman–Crippen LogP) is 2.75. The van der Waals surface area contributed by atoms with Gasteiger partial charge in [-0.1, -0.05) is 44.2 Å². The second-order valence-electron chi connectivity index (χ2n) is 4.66. The van der Waals surface area contributed by atoms with E-state index >= 15 is 0 Å². The molecular weight excluding hydrogens is 226 g/mol. The summed E-state index contributed by atoms with van der Waals surface area (Å²) in [7, 11) is 0. The number of H-pyrrole nitrogens is 1. The van der Waals surface area contributed by atoms with Crippen LogP contribution in [0.15, 0.2) is 36.5 Å². The van der Waals surface area contributed by atoms with Crippen molar-refractivity contribution in [1.29, 1.82) is 0 Å². The van der Waals surface area contributed by atoms with E-state index in [4.69, 9.17) is 4.84 Å². The Morgan fingerprint density at radius 3 is 2.78 bits per heavy atom. The molecule has 0 atom stereocenters. The minimum Gasteiger partial charge on any atom is -0.301 e. The Morgan fingerprint density at radius 1 is 1.28 bits per heavy atom. The molecule has 1 aromatic carbocycles. The Labute approximate surface area is 107 Å². The van der Waals surface area contributed by atoms with Gasteiger partial charge >= 0.3 is 0 Å². The van der Waals surface area contributed by atoms with Crippen LogP contribution >= 0.6 is 0 Å². The summed E-state index contributed by atoms with van der Waals surface area (Å²) in [6.07, 6.45) is 1.83. The van der Waals surface area contributed by atoms with E-state index in [1.165, 1.54) is 0 Å². The smallest absolute Gasteiger partial charge is 0.0705 e. The van der Waals surface area contributed by atoms with E-state index in [0.717, 1.165) is 16.8 Å². The van der Waals surface area contributed by atoms with Crippen LogP contribution in [-0.2, 0) is 11.4 Å². The van der Waals surface area contributed by atoms with Crippen LogP contribution in [0.3, 0.4) is 0 Å². The molecule has 0 spiro atoms. The summed E-state index contributed by atoms with van der Waals surface area (Å²) in [6.45, 7) is 5.59. The molecule has 1 heterocycles. The first-order valence-electron chi connectivity index (χ1n) is 6.19. The van der Waals surface area contributed by atoms with Gasteiger partial charge in [-0.25, -0.2) is 0 Å². The standard InChI is InChI=1S/C14H19N3O/c1-11(2)10-18-16-9-13-8-15-17-14(13)12-6-4-3-5-7-12/h3-8,11,16H,9-10H2,1-2H3,(H,15,17). The fraction of sp³-hybridized carbons (Fsp3) is 0.357. The Morgan fingerprint density at radius 2 is 2.06 bits per heavy atom. The number of nitrogens with one attached hydrogen (secondary N) is 2. The highest BCUT2D eigenvalue weighted by Gasteiger charge is 2.06. The normalized spacial score (nSPS) is 11.1. The molecule has 2 rings (SSSR count). The van der Waals surface area contributed by atoms with Crippen LogP contribution in [0.5, 0.6) is 0 Å². The summed E-state index contributed by atoms with van der Waals surface area (Å²) >= 11 is 0. The van der Waals surface area contributed by atoms with Gasteiger partial charge in [0.1, 0.15) is 0 Å². The van der Waals surface area contributed by atoms with Gasteiger partial charge in [0.25, 0.3) is 0 Å². The van der Waals surface area contributed by atoms with Crippen LogP contribution < -0.4 is 5.48 Å². The van der Waals surface area contributed by atoms with Gasteiger partial charge in [0.2, 0.25) is 0 Å². The lowest BCUT2D eigenvalue weighted by molar-refractivity contribution is 0.0197. The molecular formula is C14H19N3O. The first kappa shape index (κ1) is 12.8. The number of hydrogen-bond donors (Lipinski definition) is 2. The molecule has 96 valence electrons. The monoisotopic (exact) mass is 245 g/mol. The number of rotatable bonds is 6. The maximum Gasteiger partial charge on any atom is 0.0705 e. The molecule has 0 bridgehead atoms. The maximum atomic E-state index is 5.37. The molecule has 0 fully saturated rings. The molecule has 0 aliphatic carbocycles. The zero-order chi connectivity index (χ0) is 12.8. The minimum atomic E-state index is 0.524. The van der Waals surface area contributed by atoms with Crippen molar-refractivity contribution in [2.45, 2.75) is 20.4 Å². The first-order chi connectivity index (χ1) is 8.77. The number of benzene rings is 1. The van der Waals surface area contributed by atoms with Gasteiger partial charge in [-0.05, 0) is 11.5 Å². The third kappa shape index (κ3) is 3.42. The molecule has 1 aromatic heterocycles. The van der Waals surface area contributed by atoms with E-state index < -0.39 is 0 Å². The molecule has 0 unspecified atom stereocenters. The molecule has 2 aromatic rings. The molecule has 0 amide bonds. The summed E-state index contributed by atoms with van der Waals surface area (Å²) in [5.41, 5.74) is 6.24. The van der Waals surface area contributed by atoms with Gasteiger partial charge in [-0.3, -0.25) is 5.10 Å². The quantitative estimate of drug-likeness (QED) is 0.607. The van der Waals surface area contributed by atoms with Gasteiger partial charge < -0.3 is 4.84 Å². The average molecular weight is 245 g/mol. The van der Waals surface area contributed by atoms with E-state index in [1.54, 1.807) is 0 Å². The highest BCUT2D eigenvalue weighted by atomic mass is 16.6. The zero-order valence-electron chi connectivity index (χ0n) is 10.8. The lowest BCUT2D eigenvalue weighted by atomic mass is 10.1. The largest absolute Gasteiger partial charge is 0.301 e. The lowest BCUT2D eigenvalue weighted by Crippen LogP contribution is -2.17. The summed E-state index contributed by atoms with van der Waals surface area (Å²) < 4.78 is 0. The van der Waals surface area contributed by atoms with E-state index in [1.807, 2.05) is 24.4 Å². The predicted molar refractivity (Wildman–Crippen MR) is 71.7 cm³/mol. The summed E-state index contributed by atoms with van der Waals surface area (Å²) in [5, 5.41) is 7.12. The van der Waals surface area contributed by atoms with Crippen molar-refractivity contribution in [3.63, 3.8) is 0 Å².